The Morgan fingerprint density at radius 3 is 2.40 bits per heavy atom. The van der Waals surface area contributed by atoms with E-state index in [2.05, 4.69) is 21.1 Å². The summed E-state index contributed by atoms with van der Waals surface area (Å²) in [5, 5.41) is 4.04. The van der Waals surface area contributed by atoms with Gasteiger partial charge >= 0.3 is 0 Å². The summed E-state index contributed by atoms with van der Waals surface area (Å²) in [6, 6.07) is 12.7. The van der Waals surface area contributed by atoms with Gasteiger partial charge in [-0.2, -0.15) is 0 Å². The number of anilines is 1. The molecule has 1 spiro atoms. The standard InChI is InChI=1S/C18H12BrFN2O3/c19-12-3-1-11(2-4-12)15-9-18(25-21-15)10-16(23)22(17(18)24)14-7-5-13(20)6-8-14/h1-8H,9-10H2/t18-/m1/s1. The van der Waals surface area contributed by atoms with Crippen LogP contribution in [0.5, 0.6) is 0 Å². The second-order valence-electron chi connectivity index (χ2n) is 5.99. The van der Waals surface area contributed by atoms with Crippen molar-refractivity contribution in [3.63, 3.8) is 0 Å². The van der Waals surface area contributed by atoms with Crippen LogP contribution < -0.4 is 4.90 Å². The normalized spacial score (nSPS) is 22.5. The third kappa shape index (κ3) is 2.64. The van der Waals surface area contributed by atoms with E-state index < -0.39 is 17.3 Å². The summed E-state index contributed by atoms with van der Waals surface area (Å²) in [5.74, 6) is -1.29. The van der Waals surface area contributed by atoms with Crippen molar-refractivity contribution in [1.82, 2.24) is 0 Å². The molecule has 2 aliphatic rings. The predicted octanol–water partition coefficient (Wildman–Crippen LogP) is 3.41. The maximum atomic E-state index is 13.1. The van der Waals surface area contributed by atoms with Gasteiger partial charge in [-0.25, -0.2) is 9.29 Å². The third-order valence-corrected chi connectivity index (χ3v) is 4.85. The van der Waals surface area contributed by atoms with E-state index in [0.29, 0.717) is 11.4 Å². The molecule has 2 aromatic carbocycles. The van der Waals surface area contributed by atoms with Crippen LogP contribution >= 0.6 is 15.9 Å². The number of carbonyl (C=O) groups excluding carboxylic acids is 2. The van der Waals surface area contributed by atoms with E-state index in [9.17, 15) is 14.0 Å². The van der Waals surface area contributed by atoms with Crippen molar-refractivity contribution in [2.45, 2.75) is 18.4 Å². The van der Waals surface area contributed by atoms with E-state index >= 15 is 0 Å². The van der Waals surface area contributed by atoms with Crippen LogP contribution in [-0.2, 0) is 14.4 Å². The minimum absolute atomic E-state index is 0.0905. The fourth-order valence-electron chi connectivity index (χ4n) is 3.05. The monoisotopic (exact) mass is 402 g/mol. The largest absolute Gasteiger partial charge is 0.378 e. The lowest BCUT2D eigenvalue weighted by molar-refractivity contribution is -0.136. The SMILES string of the molecule is O=C1C[C@]2(CC(c3ccc(Br)cc3)=NO2)C(=O)N1c1ccc(F)cc1. The number of imide groups is 1. The fraction of sp³-hybridized carbons (Fsp3) is 0.167. The first-order valence-electron chi connectivity index (χ1n) is 7.62. The van der Waals surface area contributed by atoms with Gasteiger partial charge in [0.2, 0.25) is 11.5 Å². The number of oxime groups is 1. The molecule has 0 unspecified atom stereocenters. The lowest BCUT2D eigenvalue weighted by atomic mass is 9.93. The lowest BCUT2D eigenvalue weighted by Crippen LogP contribution is -2.40. The van der Waals surface area contributed by atoms with Crippen molar-refractivity contribution in [2.75, 3.05) is 4.90 Å². The zero-order chi connectivity index (χ0) is 17.6. The van der Waals surface area contributed by atoms with E-state index in [1.165, 1.54) is 24.3 Å². The third-order valence-electron chi connectivity index (χ3n) is 4.32. The van der Waals surface area contributed by atoms with Gasteiger partial charge in [0, 0.05) is 10.9 Å². The van der Waals surface area contributed by atoms with Crippen LogP contribution in [0.2, 0.25) is 0 Å². The van der Waals surface area contributed by atoms with Crippen LogP contribution in [0.3, 0.4) is 0 Å². The van der Waals surface area contributed by atoms with Crippen molar-refractivity contribution in [3.8, 4) is 0 Å². The number of hydrogen-bond donors (Lipinski definition) is 0. The molecule has 7 heteroatoms. The fourth-order valence-corrected chi connectivity index (χ4v) is 3.32. The topological polar surface area (TPSA) is 59.0 Å². The van der Waals surface area contributed by atoms with Crippen LogP contribution in [0, 0.1) is 5.82 Å². The van der Waals surface area contributed by atoms with E-state index in [1.807, 2.05) is 24.3 Å². The van der Waals surface area contributed by atoms with Crippen LogP contribution in [0.15, 0.2) is 58.2 Å². The number of benzene rings is 2. The molecule has 2 heterocycles. The molecule has 0 N–H and O–H groups in total. The van der Waals surface area contributed by atoms with Crippen LogP contribution in [0.25, 0.3) is 0 Å². The number of rotatable bonds is 2. The van der Waals surface area contributed by atoms with Crippen molar-refractivity contribution < 1.29 is 18.8 Å². The highest BCUT2D eigenvalue weighted by Crippen LogP contribution is 2.39. The molecule has 1 saturated heterocycles. The van der Waals surface area contributed by atoms with E-state index in [4.69, 9.17) is 4.84 Å². The van der Waals surface area contributed by atoms with Crippen LogP contribution in [0.1, 0.15) is 18.4 Å². The number of carbonyl (C=O) groups is 2. The zero-order valence-corrected chi connectivity index (χ0v) is 14.5. The van der Waals surface area contributed by atoms with Crippen LogP contribution in [-0.4, -0.2) is 23.1 Å². The van der Waals surface area contributed by atoms with Crippen molar-refractivity contribution in [1.29, 1.82) is 0 Å². The molecule has 25 heavy (non-hydrogen) atoms. The van der Waals surface area contributed by atoms with E-state index in [0.717, 1.165) is 14.9 Å². The van der Waals surface area contributed by atoms with Crippen molar-refractivity contribution in [2.24, 2.45) is 5.16 Å². The summed E-state index contributed by atoms with van der Waals surface area (Å²) in [7, 11) is 0. The highest BCUT2D eigenvalue weighted by atomic mass is 79.9. The second-order valence-corrected chi connectivity index (χ2v) is 6.91. The molecule has 2 aliphatic heterocycles. The molecular weight excluding hydrogens is 391 g/mol. The maximum absolute atomic E-state index is 13.1. The Kier molecular flexibility index (Phi) is 3.68. The Bertz CT molecular complexity index is 896. The van der Waals surface area contributed by atoms with Crippen molar-refractivity contribution in [3.05, 3.63) is 64.4 Å². The highest BCUT2D eigenvalue weighted by molar-refractivity contribution is 9.10. The van der Waals surface area contributed by atoms with Gasteiger partial charge in [-0.1, -0.05) is 33.2 Å². The first-order chi connectivity index (χ1) is 12.0. The van der Waals surface area contributed by atoms with Gasteiger partial charge in [0.25, 0.3) is 5.91 Å². The first kappa shape index (κ1) is 16.0. The Labute approximate surface area is 151 Å². The molecule has 126 valence electrons. The second kappa shape index (κ2) is 5.77. The minimum Gasteiger partial charge on any atom is -0.378 e. The summed E-state index contributed by atoms with van der Waals surface area (Å²) in [6.45, 7) is 0. The summed E-state index contributed by atoms with van der Waals surface area (Å²) in [5.41, 5.74) is 0.470. The number of amides is 2. The average molecular weight is 403 g/mol. The Hall–Kier alpha value is -2.54. The molecule has 1 fully saturated rings. The molecule has 5 nitrogen and oxygen atoms in total. The van der Waals surface area contributed by atoms with E-state index in [-0.39, 0.29) is 18.7 Å². The molecule has 1 atom stereocenters. The Balaban J connectivity index is 1.60. The average Bonchev–Trinajstić information content (AvgIpc) is 3.12. The smallest absolute Gasteiger partial charge is 0.281 e. The molecule has 0 aromatic heterocycles. The maximum Gasteiger partial charge on any atom is 0.281 e. The van der Waals surface area contributed by atoms with E-state index in [1.54, 1.807) is 0 Å². The molecule has 4 rings (SSSR count). The summed E-state index contributed by atoms with van der Waals surface area (Å²) >= 11 is 3.37. The van der Waals surface area contributed by atoms with Crippen molar-refractivity contribution >= 4 is 39.1 Å². The zero-order valence-electron chi connectivity index (χ0n) is 12.9. The molecule has 0 saturated carbocycles. The van der Waals surface area contributed by atoms with Gasteiger partial charge in [0.1, 0.15) is 5.82 Å². The summed E-state index contributed by atoms with van der Waals surface area (Å²) < 4.78 is 14.0. The van der Waals surface area contributed by atoms with Crippen LogP contribution in [0.4, 0.5) is 10.1 Å². The lowest BCUT2D eigenvalue weighted by Gasteiger charge is -2.19. The highest BCUT2D eigenvalue weighted by Gasteiger charge is 2.58. The van der Waals surface area contributed by atoms with Gasteiger partial charge in [0.15, 0.2) is 0 Å². The van der Waals surface area contributed by atoms with Gasteiger partial charge in [-0.15, -0.1) is 0 Å². The van der Waals surface area contributed by atoms with Gasteiger partial charge < -0.3 is 4.84 Å². The quantitative estimate of drug-likeness (QED) is 0.723. The Morgan fingerprint density at radius 2 is 1.72 bits per heavy atom. The summed E-state index contributed by atoms with van der Waals surface area (Å²) in [4.78, 5) is 31.7. The molecule has 2 aromatic rings. The molecular formula is C18H12BrFN2O3. The summed E-state index contributed by atoms with van der Waals surface area (Å²) in [6.07, 6.45) is 0.129. The number of halogens is 2. The molecule has 0 radical (unpaired) electrons. The predicted molar refractivity (Wildman–Crippen MR) is 92.6 cm³/mol. The Morgan fingerprint density at radius 1 is 1.04 bits per heavy atom. The first-order valence-corrected chi connectivity index (χ1v) is 8.42. The minimum atomic E-state index is -1.31. The molecule has 0 bridgehead atoms. The van der Waals surface area contributed by atoms with Gasteiger partial charge in [-0.3, -0.25) is 9.59 Å². The van der Waals surface area contributed by atoms with Gasteiger partial charge in [-0.05, 0) is 42.0 Å². The number of hydrogen-bond acceptors (Lipinski definition) is 4. The number of nitrogens with zero attached hydrogens (tertiary/aromatic N) is 2. The molecule has 2 amide bonds. The van der Waals surface area contributed by atoms with Gasteiger partial charge in [0.05, 0.1) is 17.8 Å². The molecule has 0 aliphatic carbocycles.